The molecule has 0 fully saturated rings. The summed E-state index contributed by atoms with van der Waals surface area (Å²) in [6.07, 6.45) is 0. The van der Waals surface area contributed by atoms with E-state index in [1.807, 2.05) is 6.07 Å². The molecule has 0 unspecified atom stereocenters. The molecule has 0 N–H and O–H groups in total. The first-order valence-corrected chi connectivity index (χ1v) is 6.42. The maximum Gasteiger partial charge on any atom is 0.339 e. The molecule has 14 heavy (non-hydrogen) atoms. The van der Waals surface area contributed by atoms with Gasteiger partial charge in [0, 0.05) is 7.14 Å². The summed E-state index contributed by atoms with van der Waals surface area (Å²) in [5, 5.41) is 0.468. The van der Waals surface area contributed by atoms with E-state index in [0.717, 1.165) is 7.14 Å². The fraction of sp³-hybridized carbons (Fsp3) is 0.222. The number of rotatable bonds is 2. The van der Waals surface area contributed by atoms with Gasteiger partial charge in [-0.3, -0.25) is 0 Å². The molecule has 1 aromatic carbocycles. The minimum atomic E-state index is -0.369. The zero-order chi connectivity index (χ0) is 10.7. The lowest BCUT2D eigenvalue weighted by molar-refractivity contribution is 0.0526. The predicted octanol–water partition coefficient (Wildman–Crippen LogP) is 3.73. The number of carbonyl (C=O) groups excluding carboxylic acids is 1. The molecule has 76 valence electrons. The highest BCUT2D eigenvalue weighted by Crippen LogP contribution is 2.27. The van der Waals surface area contributed by atoms with Gasteiger partial charge in [0.05, 0.1) is 17.2 Å². The highest BCUT2D eigenvalue weighted by molar-refractivity contribution is 14.1. The fourth-order valence-corrected chi connectivity index (χ4v) is 2.21. The highest BCUT2D eigenvalue weighted by Gasteiger charge is 2.14. The van der Waals surface area contributed by atoms with E-state index in [0.29, 0.717) is 17.2 Å². The van der Waals surface area contributed by atoms with Crippen LogP contribution in [0.4, 0.5) is 0 Å². The van der Waals surface area contributed by atoms with E-state index in [2.05, 4.69) is 45.2 Å². The Morgan fingerprint density at radius 2 is 2.14 bits per heavy atom. The van der Waals surface area contributed by atoms with E-state index < -0.39 is 0 Å². The van der Waals surface area contributed by atoms with Crippen molar-refractivity contribution in [3.63, 3.8) is 0 Å². The Labute approximate surface area is 115 Å². The Morgan fingerprint density at radius 1 is 1.50 bits per heavy atom. The van der Waals surface area contributed by atoms with Crippen LogP contribution in [0.2, 0.25) is 5.02 Å². The summed E-state index contributed by atoms with van der Waals surface area (Å²) in [6.45, 7) is 2.13. The smallest absolute Gasteiger partial charge is 0.339 e. The molecule has 0 aliphatic heterocycles. The van der Waals surface area contributed by atoms with Crippen LogP contribution in [0.3, 0.4) is 0 Å². The van der Waals surface area contributed by atoms with Gasteiger partial charge in [0.25, 0.3) is 0 Å². The molecule has 0 aliphatic carbocycles. The molecule has 0 spiro atoms. The second-order valence-electron chi connectivity index (χ2n) is 2.44. The SMILES string of the molecule is CCOC(=O)c1ccc(I)c(I)c1Cl. The molecular weight excluding hydrogens is 429 g/mol. The van der Waals surface area contributed by atoms with Crippen LogP contribution in [-0.2, 0) is 4.74 Å². The van der Waals surface area contributed by atoms with Crippen LogP contribution >= 0.6 is 56.8 Å². The van der Waals surface area contributed by atoms with Gasteiger partial charge in [0.1, 0.15) is 0 Å². The molecule has 0 saturated heterocycles. The van der Waals surface area contributed by atoms with Crippen LogP contribution < -0.4 is 0 Å². The Balaban J connectivity index is 3.11. The molecule has 0 radical (unpaired) electrons. The van der Waals surface area contributed by atoms with Crippen molar-refractivity contribution in [2.75, 3.05) is 6.61 Å². The van der Waals surface area contributed by atoms with Gasteiger partial charge in [-0.15, -0.1) is 0 Å². The normalized spacial score (nSPS) is 10.0. The van der Waals surface area contributed by atoms with Gasteiger partial charge in [-0.2, -0.15) is 0 Å². The van der Waals surface area contributed by atoms with Crippen LogP contribution in [0, 0.1) is 7.14 Å². The fourth-order valence-electron chi connectivity index (χ4n) is 0.892. The molecule has 1 rings (SSSR count). The molecule has 0 saturated carbocycles. The molecule has 5 heteroatoms. The molecular formula is C9H7ClI2O2. The van der Waals surface area contributed by atoms with Gasteiger partial charge in [0.15, 0.2) is 0 Å². The third-order valence-corrected chi connectivity index (χ3v) is 5.29. The minimum Gasteiger partial charge on any atom is -0.462 e. The summed E-state index contributed by atoms with van der Waals surface area (Å²) >= 11 is 10.3. The van der Waals surface area contributed by atoms with Crippen molar-refractivity contribution >= 4 is 62.8 Å². The Kier molecular flexibility index (Phi) is 4.92. The Hall–Kier alpha value is 0.440. The van der Waals surface area contributed by atoms with Gasteiger partial charge in [-0.05, 0) is 64.2 Å². The summed E-state index contributed by atoms with van der Waals surface area (Å²) in [4.78, 5) is 11.4. The summed E-state index contributed by atoms with van der Waals surface area (Å²) in [7, 11) is 0. The van der Waals surface area contributed by atoms with Crippen LogP contribution in [0.15, 0.2) is 12.1 Å². The topological polar surface area (TPSA) is 26.3 Å². The van der Waals surface area contributed by atoms with Crippen LogP contribution in [-0.4, -0.2) is 12.6 Å². The maximum absolute atomic E-state index is 11.4. The van der Waals surface area contributed by atoms with Gasteiger partial charge in [-0.25, -0.2) is 4.79 Å². The van der Waals surface area contributed by atoms with Gasteiger partial charge < -0.3 is 4.74 Å². The zero-order valence-electron chi connectivity index (χ0n) is 7.31. The number of benzene rings is 1. The summed E-state index contributed by atoms with van der Waals surface area (Å²) in [5.74, 6) is -0.369. The molecule has 0 heterocycles. The zero-order valence-corrected chi connectivity index (χ0v) is 12.4. The van der Waals surface area contributed by atoms with Gasteiger partial charge in [0.2, 0.25) is 0 Å². The molecule has 0 aliphatic rings. The van der Waals surface area contributed by atoms with Crippen molar-refractivity contribution in [3.05, 3.63) is 29.9 Å². The van der Waals surface area contributed by atoms with E-state index in [1.54, 1.807) is 13.0 Å². The monoisotopic (exact) mass is 436 g/mol. The van der Waals surface area contributed by atoms with E-state index >= 15 is 0 Å². The molecule has 0 amide bonds. The summed E-state index contributed by atoms with van der Waals surface area (Å²) in [5.41, 5.74) is 0.429. The Morgan fingerprint density at radius 3 is 2.71 bits per heavy atom. The molecule has 1 aromatic rings. The van der Waals surface area contributed by atoms with E-state index in [1.165, 1.54) is 0 Å². The van der Waals surface area contributed by atoms with E-state index in [9.17, 15) is 4.79 Å². The summed E-state index contributed by atoms with van der Waals surface area (Å²) < 4.78 is 6.79. The lowest BCUT2D eigenvalue weighted by Crippen LogP contribution is -2.06. The second-order valence-corrected chi connectivity index (χ2v) is 5.06. The maximum atomic E-state index is 11.4. The number of hydrogen-bond acceptors (Lipinski definition) is 2. The quantitative estimate of drug-likeness (QED) is 0.401. The first-order chi connectivity index (χ1) is 6.57. The number of carbonyl (C=O) groups is 1. The van der Waals surface area contributed by atoms with Crippen molar-refractivity contribution in [2.45, 2.75) is 6.92 Å². The minimum absolute atomic E-state index is 0.359. The van der Waals surface area contributed by atoms with Crippen molar-refractivity contribution in [3.8, 4) is 0 Å². The van der Waals surface area contributed by atoms with Gasteiger partial charge >= 0.3 is 5.97 Å². The van der Waals surface area contributed by atoms with Crippen molar-refractivity contribution in [1.82, 2.24) is 0 Å². The lowest BCUT2D eigenvalue weighted by atomic mass is 10.2. The molecule has 0 aromatic heterocycles. The van der Waals surface area contributed by atoms with Crippen LogP contribution in [0.5, 0.6) is 0 Å². The number of hydrogen-bond donors (Lipinski definition) is 0. The van der Waals surface area contributed by atoms with Crippen molar-refractivity contribution in [2.24, 2.45) is 0 Å². The first-order valence-electron chi connectivity index (χ1n) is 3.88. The third-order valence-electron chi connectivity index (χ3n) is 1.53. The first kappa shape index (κ1) is 12.5. The average Bonchev–Trinajstić information content (AvgIpc) is 2.15. The average molecular weight is 436 g/mol. The highest BCUT2D eigenvalue weighted by atomic mass is 127. The van der Waals surface area contributed by atoms with Crippen LogP contribution in [0.1, 0.15) is 17.3 Å². The molecule has 2 nitrogen and oxygen atoms in total. The summed E-state index contributed by atoms with van der Waals surface area (Å²) in [6, 6.07) is 3.53. The van der Waals surface area contributed by atoms with Crippen LogP contribution in [0.25, 0.3) is 0 Å². The molecule has 0 atom stereocenters. The second kappa shape index (κ2) is 5.50. The molecule has 0 bridgehead atoms. The van der Waals surface area contributed by atoms with Gasteiger partial charge in [-0.1, -0.05) is 11.6 Å². The number of ether oxygens (including phenoxy) is 1. The number of esters is 1. The largest absolute Gasteiger partial charge is 0.462 e. The third kappa shape index (κ3) is 2.73. The lowest BCUT2D eigenvalue weighted by Gasteiger charge is -2.06. The van der Waals surface area contributed by atoms with E-state index in [4.69, 9.17) is 16.3 Å². The predicted molar refractivity (Wildman–Crippen MR) is 72.8 cm³/mol. The number of halogens is 3. The van der Waals surface area contributed by atoms with Crippen molar-refractivity contribution in [1.29, 1.82) is 0 Å². The van der Waals surface area contributed by atoms with Crippen molar-refractivity contribution < 1.29 is 9.53 Å². The standard InChI is InChI=1S/C9H7ClI2O2/c1-2-14-9(13)5-3-4-6(11)8(12)7(5)10/h3-4H,2H2,1H3. The van der Waals surface area contributed by atoms with E-state index in [-0.39, 0.29) is 5.97 Å². The Bertz CT molecular complexity index is 366.